The van der Waals surface area contributed by atoms with Crippen LogP contribution >= 0.6 is 11.8 Å². The molecule has 0 bridgehead atoms. The number of rotatable bonds is 7. The molecule has 3 rings (SSSR count). The van der Waals surface area contributed by atoms with Gasteiger partial charge in [0, 0.05) is 11.6 Å². The van der Waals surface area contributed by atoms with E-state index in [-0.39, 0.29) is 17.2 Å². The van der Waals surface area contributed by atoms with Gasteiger partial charge in [-0.15, -0.1) is 10.2 Å². The van der Waals surface area contributed by atoms with Crippen LogP contribution in [0.5, 0.6) is 5.75 Å². The second-order valence-corrected chi connectivity index (χ2v) is 8.40. The Hall–Kier alpha value is -2.22. The summed E-state index contributed by atoms with van der Waals surface area (Å²) in [5, 5.41) is 11.8. The SMILES string of the molecule is CCOc1ccc(-c2nnc(S[C@@H](C)C(=O)NC3CCCCCC3)n2N)cc1. The molecule has 1 fully saturated rings. The van der Waals surface area contributed by atoms with Crippen molar-refractivity contribution >= 4 is 17.7 Å². The molecule has 0 unspecified atom stereocenters. The normalized spacial score (nSPS) is 16.4. The zero-order valence-corrected chi connectivity index (χ0v) is 17.4. The van der Waals surface area contributed by atoms with Crippen LogP contribution < -0.4 is 15.9 Å². The Kier molecular flexibility index (Phi) is 7.19. The monoisotopic (exact) mass is 403 g/mol. The molecule has 0 aliphatic heterocycles. The number of carbonyl (C=O) groups is 1. The van der Waals surface area contributed by atoms with Crippen LogP contribution in [0, 0.1) is 0 Å². The average molecular weight is 404 g/mol. The van der Waals surface area contributed by atoms with Crippen molar-refractivity contribution in [2.45, 2.75) is 68.8 Å². The molecule has 7 nitrogen and oxygen atoms in total. The Morgan fingerprint density at radius 2 is 1.93 bits per heavy atom. The number of aromatic nitrogens is 3. The predicted molar refractivity (Wildman–Crippen MR) is 112 cm³/mol. The number of benzene rings is 1. The van der Waals surface area contributed by atoms with Crippen molar-refractivity contribution in [3.63, 3.8) is 0 Å². The highest BCUT2D eigenvalue weighted by Gasteiger charge is 2.22. The first-order valence-electron chi connectivity index (χ1n) is 9.99. The summed E-state index contributed by atoms with van der Waals surface area (Å²) < 4.78 is 6.90. The van der Waals surface area contributed by atoms with E-state index in [1.807, 2.05) is 38.1 Å². The van der Waals surface area contributed by atoms with Gasteiger partial charge in [-0.2, -0.15) is 0 Å². The van der Waals surface area contributed by atoms with Crippen molar-refractivity contribution in [3.05, 3.63) is 24.3 Å². The van der Waals surface area contributed by atoms with Crippen LogP contribution in [0.2, 0.25) is 0 Å². The van der Waals surface area contributed by atoms with Gasteiger partial charge in [0.1, 0.15) is 5.75 Å². The van der Waals surface area contributed by atoms with Crippen molar-refractivity contribution in [3.8, 4) is 17.1 Å². The lowest BCUT2D eigenvalue weighted by Gasteiger charge is -2.19. The van der Waals surface area contributed by atoms with Crippen LogP contribution in [0.25, 0.3) is 11.4 Å². The molecule has 1 heterocycles. The first-order valence-corrected chi connectivity index (χ1v) is 10.9. The number of carbonyl (C=O) groups excluding carboxylic acids is 1. The highest BCUT2D eigenvalue weighted by atomic mass is 32.2. The highest BCUT2D eigenvalue weighted by Crippen LogP contribution is 2.26. The fraction of sp³-hybridized carbons (Fsp3) is 0.550. The summed E-state index contributed by atoms with van der Waals surface area (Å²) >= 11 is 1.33. The van der Waals surface area contributed by atoms with E-state index >= 15 is 0 Å². The van der Waals surface area contributed by atoms with Crippen LogP contribution in [0.1, 0.15) is 52.4 Å². The summed E-state index contributed by atoms with van der Waals surface area (Å²) in [5.41, 5.74) is 0.848. The lowest BCUT2D eigenvalue weighted by Crippen LogP contribution is -2.39. The molecule has 1 atom stereocenters. The number of nitrogens with one attached hydrogen (secondary N) is 1. The van der Waals surface area contributed by atoms with Crippen LogP contribution in [0.15, 0.2) is 29.4 Å². The number of hydrogen-bond donors (Lipinski definition) is 2. The molecule has 1 amide bonds. The fourth-order valence-electron chi connectivity index (χ4n) is 3.38. The van der Waals surface area contributed by atoms with Gasteiger partial charge in [-0.25, -0.2) is 4.68 Å². The van der Waals surface area contributed by atoms with Gasteiger partial charge in [0.25, 0.3) is 0 Å². The van der Waals surface area contributed by atoms with E-state index in [0.717, 1.165) is 24.2 Å². The summed E-state index contributed by atoms with van der Waals surface area (Å²) in [6.07, 6.45) is 7.04. The van der Waals surface area contributed by atoms with Crippen molar-refractivity contribution in [1.82, 2.24) is 20.2 Å². The number of nitrogens with zero attached hydrogens (tertiary/aromatic N) is 3. The Morgan fingerprint density at radius 3 is 2.57 bits per heavy atom. The Balaban J connectivity index is 1.62. The second-order valence-electron chi connectivity index (χ2n) is 7.09. The van der Waals surface area contributed by atoms with Crippen LogP contribution in [0.4, 0.5) is 0 Å². The van der Waals surface area contributed by atoms with E-state index in [0.29, 0.717) is 17.6 Å². The predicted octanol–water partition coefficient (Wildman–Crippen LogP) is 3.38. The minimum atomic E-state index is -0.289. The van der Waals surface area contributed by atoms with Gasteiger partial charge >= 0.3 is 0 Å². The molecule has 2 aromatic rings. The van der Waals surface area contributed by atoms with E-state index in [1.165, 1.54) is 42.1 Å². The number of nitrogens with two attached hydrogens (primary N) is 1. The highest BCUT2D eigenvalue weighted by molar-refractivity contribution is 8.00. The Labute approximate surface area is 170 Å². The summed E-state index contributed by atoms with van der Waals surface area (Å²) in [4.78, 5) is 12.6. The molecular weight excluding hydrogens is 374 g/mol. The van der Waals surface area contributed by atoms with Crippen molar-refractivity contribution in [1.29, 1.82) is 0 Å². The molecule has 3 N–H and O–H groups in total. The molecular formula is C20H29N5O2S. The van der Waals surface area contributed by atoms with Gasteiger partial charge in [-0.3, -0.25) is 4.79 Å². The molecule has 0 radical (unpaired) electrons. The summed E-state index contributed by atoms with van der Waals surface area (Å²) in [6, 6.07) is 7.84. The molecule has 28 heavy (non-hydrogen) atoms. The third kappa shape index (κ3) is 5.19. The maximum Gasteiger partial charge on any atom is 0.233 e. The lowest BCUT2D eigenvalue weighted by molar-refractivity contribution is -0.121. The largest absolute Gasteiger partial charge is 0.494 e. The van der Waals surface area contributed by atoms with E-state index < -0.39 is 0 Å². The molecule has 1 aromatic carbocycles. The quantitative estimate of drug-likeness (QED) is 0.418. The third-order valence-electron chi connectivity index (χ3n) is 4.94. The number of ether oxygens (including phenoxy) is 1. The Bertz CT molecular complexity index is 769. The lowest BCUT2D eigenvalue weighted by atomic mass is 10.1. The van der Waals surface area contributed by atoms with E-state index in [9.17, 15) is 4.79 Å². The summed E-state index contributed by atoms with van der Waals surface area (Å²) in [5.74, 6) is 7.58. The van der Waals surface area contributed by atoms with Crippen LogP contribution in [-0.4, -0.2) is 38.7 Å². The summed E-state index contributed by atoms with van der Waals surface area (Å²) in [6.45, 7) is 4.44. The smallest absolute Gasteiger partial charge is 0.233 e. The molecule has 1 aliphatic rings. The van der Waals surface area contributed by atoms with E-state index in [2.05, 4.69) is 15.5 Å². The molecule has 1 aromatic heterocycles. The third-order valence-corrected chi connectivity index (χ3v) is 6.00. The molecule has 0 spiro atoms. The standard InChI is InChI=1S/C20H29N5O2S/c1-3-27-17-12-10-15(11-13-17)18-23-24-20(25(18)21)28-14(2)19(26)22-16-8-6-4-5-7-9-16/h10-14,16H,3-9,21H2,1-2H3,(H,22,26)/t14-/m0/s1. The summed E-state index contributed by atoms with van der Waals surface area (Å²) in [7, 11) is 0. The van der Waals surface area contributed by atoms with Crippen LogP contribution in [-0.2, 0) is 4.79 Å². The topological polar surface area (TPSA) is 95.1 Å². The second kappa shape index (κ2) is 9.82. The molecule has 1 aliphatic carbocycles. The zero-order chi connectivity index (χ0) is 19.9. The van der Waals surface area contributed by atoms with Gasteiger partial charge in [0.2, 0.25) is 11.1 Å². The fourth-order valence-corrected chi connectivity index (χ4v) is 4.15. The average Bonchev–Trinajstić information content (AvgIpc) is 2.89. The number of amides is 1. The van der Waals surface area contributed by atoms with Gasteiger partial charge in [-0.05, 0) is 51.0 Å². The van der Waals surface area contributed by atoms with Gasteiger partial charge in [0.05, 0.1) is 11.9 Å². The van der Waals surface area contributed by atoms with Crippen molar-refractivity contribution < 1.29 is 9.53 Å². The van der Waals surface area contributed by atoms with E-state index in [1.54, 1.807) is 0 Å². The van der Waals surface area contributed by atoms with Crippen molar-refractivity contribution in [2.24, 2.45) is 0 Å². The number of nitrogen functional groups attached to an aromatic ring is 1. The molecule has 0 saturated heterocycles. The first-order chi connectivity index (χ1) is 13.6. The molecule has 1 saturated carbocycles. The van der Waals surface area contributed by atoms with E-state index in [4.69, 9.17) is 10.6 Å². The molecule has 8 heteroatoms. The minimum absolute atomic E-state index is 0.0301. The van der Waals surface area contributed by atoms with Crippen LogP contribution in [0.3, 0.4) is 0 Å². The van der Waals surface area contributed by atoms with Gasteiger partial charge < -0.3 is 15.9 Å². The minimum Gasteiger partial charge on any atom is -0.494 e. The number of hydrogen-bond acceptors (Lipinski definition) is 6. The maximum absolute atomic E-state index is 12.6. The van der Waals surface area contributed by atoms with Gasteiger partial charge in [0.15, 0.2) is 5.82 Å². The van der Waals surface area contributed by atoms with Crippen molar-refractivity contribution in [2.75, 3.05) is 12.4 Å². The number of thioether (sulfide) groups is 1. The maximum atomic E-state index is 12.6. The zero-order valence-electron chi connectivity index (χ0n) is 16.6. The Morgan fingerprint density at radius 1 is 1.25 bits per heavy atom. The van der Waals surface area contributed by atoms with Gasteiger partial charge in [-0.1, -0.05) is 37.4 Å². The first kappa shape index (κ1) is 20.5. The molecule has 152 valence electrons.